The molecule has 3 nitrogen and oxygen atoms in total. The number of likely N-dealkylation sites (N-methyl/N-ethyl adjacent to an activating group) is 1. The highest BCUT2D eigenvalue weighted by molar-refractivity contribution is 6.32. The Balaban J connectivity index is 1.76. The van der Waals surface area contributed by atoms with Gasteiger partial charge in [0, 0.05) is 32.0 Å². The molecule has 0 saturated carbocycles. The molecule has 3 rings (SSSR count). The van der Waals surface area contributed by atoms with E-state index in [1.54, 1.807) is 6.20 Å². The number of aromatic nitrogens is 1. The van der Waals surface area contributed by atoms with Crippen molar-refractivity contribution in [3.8, 4) is 0 Å². The van der Waals surface area contributed by atoms with Crippen LogP contribution in [-0.2, 0) is 13.0 Å². The molecule has 1 aliphatic heterocycles. The summed E-state index contributed by atoms with van der Waals surface area (Å²) >= 11 is 6.13. The molecule has 0 spiro atoms. The molecule has 0 aliphatic carbocycles. The molecule has 2 heterocycles. The second-order valence-electron chi connectivity index (χ2n) is 5.28. The molecule has 0 fully saturated rings. The molecule has 4 heteroatoms. The number of halogens is 1. The van der Waals surface area contributed by atoms with Crippen molar-refractivity contribution >= 4 is 23.0 Å². The molecule has 1 N–H and O–H groups in total. The van der Waals surface area contributed by atoms with Crippen molar-refractivity contribution in [1.29, 1.82) is 0 Å². The minimum atomic E-state index is 0.533. The van der Waals surface area contributed by atoms with E-state index in [0.717, 1.165) is 30.8 Å². The quantitative estimate of drug-likeness (QED) is 0.874. The van der Waals surface area contributed by atoms with Crippen molar-refractivity contribution in [3.05, 3.63) is 52.3 Å². The molecule has 1 aromatic heterocycles. The molecule has 0 radical (unpaired) electrons. The Kier molecular flexibility index (Phi) is 3.53. The third-order valence-electron chi connectivity index (χ3n) is 3.85. The average molecular weight is 288 g/mol. The molecule has 0 bridgehead atoms. The van der Waals surface area contributed by atoms with Crippen LogP contribution >= 0.6 is 11.6 Å². The van der Waals surface area contributed by atoms with Crippen LogP contribution in [0.4, 0.5) is 11.4 Å². The zero-order valence-electron chi connectivity index (χ0n) is 11.8. The molecule has 1 aromatic carbocycles. The summed E-state index contributed by atoms with van der Waals surface area (Å²) in [5, 5.41) is 3.93. The summed E-state index contributed by atoms with van der Waals surface area (Å²) in [5.74, 6) is 0. The van der Waals surface area contributed by atoms with Gasteiger partial charge in [-0.15, -0.1) is 0 Å². The van der Waals surface area contributed by atoms with Gasteiger partial charge in [-0.3, -0.25) is 0 Å². The maximum Gasteiger partial charge on any atom is 0.152 e. The Morgan fingerprint density at radius 3 is 3.00 bits per heavy atom. The van der Waals surface area contributed by atoms with Crippen LogP contribution in [0.1, 0.15) is 16.7 Å². The first kappa shape index (κ1) is 13.3. The lowest BCUT2D eigenvalue weighted by molar-refractivity contribution is 0.955. The number of aryl methyl sites for hydroxylation is 1. The van der Waals surface area contributed by atoms with Crippen molar-refractivity contribution < 1.29 is 0 Å². The first-order valence-electron chi connectivity index (χ1n) is 6.83. The first-order chi connectivity index (χ1) is 9.65. The average Bonchev–Trinajstić information content (AvgIpc) is 2.79. The van der Waals surface area contributed by atoms with Crippen LogP contribution in [0.5, 0.6) is 0 Å². The smallest absolute Gasteiger partial charge is 0.152 e. The van der Waals surface area contributed by atoms with Crippen LogP contribution < -0.4 is 10.2 Å². The zero-order chi connectivity index (χ0) is 14.1. The summed E-state index contributed by atoms with van der Waals surface area (Å²) in [7, 11) is 2.14. The predicted octanol–water partition coefficient (Wildman–Crippen LogP) is 3.65. The number of fused-ring (bicyclic) bond motifs is 1. The van der Waals surface area contributed by atoms with Gasteiger partial charge in [-0.2, -0.15) is 0 Å². The third-order valence-corrected chi connectivity index (χ3v) is 4.14. The van der Waals surface area contributed by atoms with Crippen molar-refractivity contribution in [2.45, 2.75) is 19.9 Å². The highest BCUT2D eigenvalue weighted by Crippen LogP contribution is 2.28. The number of anilines is 2. The largest absolute Gasteiger partial charge is 0.378 e. The van der Waals surface area contributed by atoms with E-state index in [4.69, 9.17) is 11.6 Å². The van der Waals surface area contributed by atoms with Gasteiger partial charge in [0.05, 0.1) is 5.69 Å². The molecular formula is C16H18ClN3. The summed E-state index contributed by atoms with van der Waals surface area (Å²) in [5.41, 5.74) is 6.10. The Bertz CT molecular complexity index is 619. The van der Waals surface area contributed by atoms with Gasteiger partial charge < -0.3 is 10.2 Å². The number of pyridine rings is 1. The number of nitrogens with zero attached hydrogens (tertiary/aromatic N) is 2. The van der Waals surface area contributed by atoms with E-state index < -0.39 is 0 Å². The minimum absolute atomic E-state index is 0.533. The molecule has 104 valence electrons. The maximum absolute atomic E-state index is 6.13. The fourth-order valence-electron chi connectivity index (χ4n) is 2.66. The lowest BCUT2D eigenvalue weighted by Crippen LogP contribution is -2.12. The number of rotatable bonds is 3. The Hall–Kier alpha value is -1.74. The molecule has 20 heavy (non-hydrogen) atoms. The van der Waals surface area contributed by atoms with Gasteiger partial charge in [0.2, 0.25) is 0 Å². The molecule has 2 aromatic rings. The van der Waals surface area contributed by atoms with Crippen LogP contribution in [0.2, 0.25) is 5.15 Å². The van der Waals surface area contributed by atoms with Crippen LogP contribution in [0.3, 0.4) is 0 Å². The minimum Gasteiger partial charge on any atom is -0.378 e. The molecule has 0 saturated heterocycles. The van der Waals surface area contributed by atoms with Gasteiger partial charge in [-0.05, 0) is 42.2 Å². The van der Waals surface area contributed by atoms with Crippen molar-refractivity contribution in [3.63, 3.8) is 0 Å². The predicted molar refractivity (Wildman–Crippen MR) is 84.7 cm³/mol. The van der Waals surface area contributed by atoms with Crippen molar-refractivity contribution in [1.82, 2.24) is 4.98 Å². The summed E-state index contributed by atoms with van der Waals surface area (Å²) in [6.45, 7) is 3.91. The summed E-state index contributed by atoms with van der Waals surface area (Å²) in [4.78, 5) is 6.42. The standard InChI is InChI=1S/C16H18ClN3/c1-11-5-7-18-16(17)15(11)19-10-12-3-4-14-13(9-12)6-8-20(14)2/h3-5,7,9,19H,6,8,10H2,1-2H3. The fraction of sp³-hybridized carbons (Fsp3) is 0.312. The van der Waals surface area contributed by atoms with E-state index in [-0.39, 0.29) is 0 Å². The number of hydrogen-bond acceptors (Lipinski definition) is 3. The second-order valence-corrected chi connectivity index (χ2v) is 5.64. The van der Waals surface area contributed by atoms with Gasteiger partial charge in [-0.25, -0.2) is 4.98 Å². The number of nitrogens with one attached hydrogen (secondary N) is 1. The van der Waals surface area contributed by atoms with Crippen LogP contribution in [0.25, 0.3) is 0 Å². The lowest BCUT2D eigenvalue weighted by Gasteiger charge is -2.13. The third kappa shape index (κ3) is 2.46. The van der Waals surface area contributed by atoms with Gasteiger partial charge in [-0.1, -0.05) is 23.7 Å². The van der Waals surface area contributed by atoms with Gasteiger partial charge in [0.15, 0.2) is 5.15 Å². The number of benzene rings is 1. The Labute approximate surface area is 124 Å². The first-order valence-corrected chi connectivity index (χ1v) is 7.21. The lowest BCUT2D eigenvalue weighted by atomic mass is 10.1. The Morgan fingerprint density at radius 1 is 1.35 bits per heavy atom. The fourth-order valence-corrected chi connectivity index (χ4v) is 2.93. The van der Waals surface area contributed by atoms with E-state index in [9.17, 15) is 0 Å². The van der Waals surface area contributed by atoms with Crippen molar-refractivity contribution in [2.24, 2.45) is 0 Å². The molecule has 0 amide bonds. The van der Waals surface area contributed by atoms with Crippen LogP contribution in [-0.4, -0.2) is 18.6 Å². The van der Waals surface area contributed by atoms with E-state index in [0.29, 0.717) is 5.15 Å². The number of hydrogen-bond donors (Lipinski definition) is 1. The highest BCUT2D eigenvalue weighted by Gasteiger charge is 2.15. The van der Waals surface area contributed by atoms with Gasteiger partial charge >= 0.3 is 0 Å². The zero-order valence-corrected chi connectivity index (χ0v) is 12.5. The van der Waals surface area contributed by atoms with E-state index >= 15 is 0 Å². The van der Waals surface area contributed by atoms with Crippen LogP contribution in [0, 0.1) is 6.92 Å². The Morgan fingerprint density at radius 2 is 2.20 bits per heavy atom. The molecule has 0 unspecified atom stereocenters. The maximum atomic E-state index is 6.13. The summed E-state index contributed by atoms with van der Waals surface area (Å²) < 4.78 is 0. The summed E-state index contributed by atoms with van der Waals surface area (Å²) in [6.07, 6.45) is 2.86. The normalized spacial score (nSPS) is 13.4. The molecule has 0 atom stereocenters. The molecule has 1 aliphatic rings. The van der Waals surface area contributed by atoms with Crippen LogP contribution in [0.15, 0.2) is 30.5 Å². The second kappa shape index (κ2) is 5.33. The van der Waals surface area contributed by atoms with E-state index in [1.807, 2.05) is 13.0 Å². The summed E-state index contributed by atoms with van der Waals surface area (Å²) in [6, 6.07) is 8.63. The van der Waals surface area contributed by atoms with E-state index in [1.165, 1.54) is 16.8 Å². The van der Waals surface area contributed by atoms with E-state index in [2.05, 4.69) is 40.4 Å². The van der Waals surface area contributed by atoms with Gasteiger partial charge in [0.25, 0.3) is 0 Å². The van der Waals surface area contributed by atoms with Gasteiger partial charge in [0.1, 0.15) is 0 Å². The highest BCUT2D eigenvalue weighted by atomic mass is 35.5. The molecular weight excluding hydrogens is 270 g/mol. The SMILES string of the molecule is Cc1ccnc(Cl)c1NCc1ccc2c(c1)CCN2C. The monoisotopic (exact) mass is 287 g/mol. The van der Waals surface area contributed by atoms with Crippen molar-refractivity contribution in [2.75, 3.05) is 23.8 Å². The topological polar surface area (TPSA) is 28.2 Å².